The quantitative estimate of drug-likeness (QED) is 0.0914. The lowest BCUT2D eigenvalue weighted by Crippen LogP contribution is -2.45. The molecule has 5 rings (SSSR count). The smallest absolute Gasteiger partial charge is 0.338 e. The van der Waals surface area contributed by atoms with Crippen molar-refractivity contribution >= 4 is 28.6 Å². The third-order valence-corrected chi connectivity index (χ3v) is 10.8. The van der Waals surface area contributed by atoms with Gasteiger partial charge in [-0.3, -0.25) is 9.59 Å². The average molecular weight is 577 g/mol. The fourth-order valence-electron chi connectivity index (χ4n) is 6.68. The van der Waals surface area contributed by atoms with E-state index in [9.17, 15) is 14.4 Å². The summed E-state index contributed by atoms with van der Waals surface area (Å²) in [5.74, 6) is -0.453. The molecule has 0 amide bonds. The number of fused-ring (bicyclic) bond motifs is 3. The molecule has 3 aliphatic carbocycles. The van der Waals surface area contributed by atoms with E-state index in [1.54, 1.807) is 36.4 Å². The Morgan fingerprint density at radius 2 is 1.27 bits per heavy atom. The summed E-state index contributed by atoms with van der Waals surface area (Å²) in [6.07, 6.45) is 17.3. The Kier molecular flexibility index (Phi) is 11.3. The third kappa shape index (κ3) is 8.12. The molecule has 3 aliphatic rings. The van der Waals surface area contributed by atoms with Gasteiger partial charge < -0.3 is 4.74 Å². The zero-order chi connectivity index (χ0) is 29.3. The fourth-order valence-corrected chi connectivity index (χ4v) is 7.69. The van der Waals surface area contributed by atoms with Crippen LogP contribution in [0.3, 0.4) is 0 Å². The van der Waals surface area contributed by atoms with Crippen LogP contribution in [0.15, 0.2) is 53.4 Å². The molecule has 3 saturated carbocycles. The van der Waals surface area contributed by atoms with E-state index in [2.05, 4.69) is 13.8 Å². The number of hydrogen-bond donors (Lipinski definition) is 0. The Balaban J connectivity index is 1.28. The number of benzene rings is 2. The molecule has 4 nitrogen and oxygen atoms in total. The van der Waals surface area contributed by atoms with Crippen molar-refractivity contribution < 1.29 is 19.1 Å². The van der Waals surface area contributed by atoms with Crippen LogP contribution in [-0.2, 0) is 9.53 Å². The lowest BCUT2D eigenvalue weighted by molar-refractivity contribution is -0.128. The summed E-state index contributed by atoms with van der Waals surface area (Å²) < 4.78 is 5.58. The first-order valence-electron chi connectivity index (χ1n) is 16.0. The second-order valence-corrected chi connectivity index (χ2v) is 13.7. The molecule has 0 saturated heterocycles. The van der Waals surface area contributed by atoms with Gasteiger partial charge in [0.1, 0.15) is 0 Å². The number of ketones is 1. The summed E-state index contributed by atoms with van der Waals surface area (Å²) in [6.45, 7) is 6.37. The summed E-state index contributed by atoms with van der Waals surface area (Å²) in [5.41, 5.74) is 1.88. The van der Waals surface area contributed by atoms with Crippen molar-refractivity contribution in [1.82, 2.24) is 0 Å². The highest BCUT2D eigenvalue weighted by atomic mass is 32.2. The lowest BCUT2D eigenvalue weighted by atomic mass is 9.53. The molecule has 0 aromatic heterocycles. The van der Waals surface area contributed by atoms with E-state index in [0.29, 0.717) is 27.2 Å². The van der Waals surface area contributed by atoms with Crippen LogP contribution in [0.25, 0.3) is 0 Å². The van der Waals surface area contributed by atoms with Crippen molar-refractivity contribution in [2.45, 2.75) is 128 Å². The minimum absolute atomic E-state index is 0.102. The van der Waals surface area contributed by atoms with Gasteiger partial charge in [0.2, 0.25) is 0 Å². The standard InChI is InChI=1S/C36H48O4S/c1-4-6-8-9-11-27(3)40-33(38)30-14-12-28(13-15-30)32(37)29-16-18-31(19-17-29)41-34(39)36-24-21-35(22-25-36,23-26-36)20-10-7-5-2/h12-19,27H,4-11,20-26H2,1-3H3/t27-,35?,36?/m0/s1. The van der Waals surface area contributed by atoms with Gasteiger partial charge in [-0.25, -0.2) is 4.79 Å². The first-order chi connectivity index (χ1) is 19.8. The van der Waals surface area contributed by atoms with Gasteiger partial charge in [0.05, 0.1) is 11.7 Å². The van der Waals surface area contributed by atoms with Gasteiger partial charge in [-0.15, -0.1) is 0 Å². The number of esters is 1. The normalized spacial score (nSPS) is 22.3. The number of carbonyl (C=O) groups excluding carboxylic acids is 3. The highest BCUT2D eigenvalue weighted by Gasteiger charge is 2.51. The van der Waals surface area contributed by atoms with Crippen LogP contribution in [0.2, 0.25) is 0 Å². The van der Waals surface area contributed by atoms with Crippen molar-refractivity contribution in [3.63, 3.8) is 0 Å². The molecule has 0 N–H and O–H groups in total. The van der Waals surface area contributed by atoms with Crippen molar-refractivity contribution in [3.05, 3.63) is 65.2 Å². The van der Waals surface area contributed by atoms with Gasteiger partial charge in [0, 0.05) is 21.4 Å². The lowest BCUT2D eigenvalue weighted by Gasteiger charge is -2.52. The number of rotatable bonds is 15. The molecule has 3 fully saturated rings. The van der Waals surface area contributed by atoms with Crippen molar-refractivity contribution in [2.75, 3.05) is 0 Å². The second-order valence-electron chi connectivity index (χ2n) is 12.6. The van der Waals surface area contributed by atoms with Gasteiger partial charge in [0.15, 0.2) is 10.9 Å². The van der Waals surface area contributed by atoms with E-state index in [-0.39, 0.29) is 23.3 Å². The third-order valence-electron chi connectivity index (χ3n) is 9.63. The Bertz CT molecular complexity index is 1140. The first-order valence-corrected chi connectivity index (χ1v) is 16.8. The van der Waals surface area contributed by atoms with Gasteiger partial charge in [-0.2, -0.15) is 0 Å². The van der Waals surface area contributed by atoms with Crippen LogP contribution in [-0.4, -0.2) is 23.0 Å². The van der Waals surface area contributed by atoms with Gasteiger partial charge in [-0.05, 0) is 107 Å². The Morgan fingerprint density at radius 3 is 1.85 bits per heavy atom. The average Bonchev–Trinajstić information content (AvgIpc) is 3.00. The highest BCUT2D eigenvalue weighted by molar-refractivity contribution is 8.13. The van der Waals surface area contributed by atoms with Crippen LogP contribution in [0.4, 0.5) is 0 Å². The molecule has 2 aromatic rings. The molecule has 0 heterocycles. The minimum atomic E-state index is -0.351. The molecule has 41 heavy (non-hydrogen) atoms. The maximum Gasteiger partial charge on any atom is 0.338 e. The molecular formula is C36H48O4S. The maximum absolute atomic E-state index is 13.4. The van der Waals surface area contributed by atoms with E-state index in [0.717, 1.165) is 43.4 Å². The largest absolute Gasteiger partial charge is 0.459 e. The van der Waals surface area contributed by atoms with E-state index >= 15 is 0 Å². The predicted octanol–water partition coefficient (Wildman–Crippen LogP) is 9.97. The summed E-state index contributed by atoms with van der Waals surface area (Å²) in [6, 6.07) is 14.1. The van der Waals surface area contributed by atoms with Gasteiger partial charge in [-0.1, -0.05) is 76.3 Å². The molecule has 0 unspecified atom stereocenters. The molecule has 0 radical (unpaired) electrons. The molecule has 2 aromatic carbocycles. The summed E-state index contributed by atoms with van der Waals surface area (Å²) >= 11 is 1.35. The number of carbonyl (C=O) groups is 3. The topological polar surface area (TPSA) is 60.4 Å². The van der Waals surface area contributed by atoms with Crippen LogP contribution < -0.4 is 0 Å². The SMILES string of the molecule is CCCCCC[C@H](C)OC(=O)c1ccc(C(=O)c2ccc(SC(=O)C34CCC(CCCCC)(CC3)CC4)cc2)cc1. The first kappa shape index (κ1) is 31.5. The number of ether oxygens (including phenoxy) is 1. The Labute approximate surface area is 251 Å². The molecule has 222 valence electrons. The van der Waals surface area contributed by atoms with Gasteiger partial charge in [0.25, 0.3) is 0 Å². The van der Waals surface area contributed by atoms with Crippen LogP contribution >= 0.6 is 11.8 Å². The van der Waals surface area contributed by atoms with E-state index in [4.69, 9.17) is 4.74 Å². The highest BCUT2D eigenvalue weighted by Crippen LogP contribution is 2.60. The predicted molar refractivity (Wildman–Crippen MR) is 168 cm³/mol. The van der Waals surface area contributed by atoms with Crippen LogP contribution in [0.1, 0.15) is 143 Å². The Morgan fingerprint density at radius 1 is 0.732 bits per heavy atom. The number of unbranched alkanes of at least 4 members (excludes halogenated alkanes) is 5. The number of thioether (sulfide) groups is 1. The zero-order valence-corrected chi connectivity index (χ0v) is 26.2. The van der Waals surface area contributed by atoms with Crippen LogP contribution in [0, 0.1) is 10.8 Å². The van der Waals surface area contributed by atoms with Crippen LogP contribution in [0.5, 0.6) is 0 Å². The Hall–Kier alpha value is -2.40. The summed E-state index contributed by atoms with van der Waals surface area (Å²) in [7, 11) is 0. The molecule has 1 atom stereocenters. The van der Waals surface area contributed by atoms with Gasteiger partial charge >= 0.3 is 5.97 Å². The van der Waals surface area contributed by atoms with E-state index in [1.165, 1.54) is 69.5 Å². The van der Waals surface area contributed by atoms with E-state index < -0.39 is 0 Å². The maximum atomic E-state index is 13.4. The fraction of sp³-hybridized carbons (Fsp3) is 0.583. The van der Waals surface area contributed by atoms with Crippen molar-refractivity contribution in [3.8, 4) is 0 Å². The molecular weight excluding hydrogens is 528 g/mol. The number of hydrogen-bond acceptors (Lipinski definition) is 5. The molecule has 0 spiro atoms. The van der Waals surface area contributed by atoms with Crippen molar-refractivity contribution in [1.29, 1.82) is 0 Å². The van der Waals surface area contributed by atoms with Crippen molar-refractivity contribution in [2.24, 2.45) is 10.8 Å². The second kappa shape index (κ2) is 14.7. The summed E-state index contributed by atoms with van der Waals surface area (Å²) in [4.78, 5) is 39.9. The zero-order valence-electron chi connectivity index (χ0n) is 25.3. The summed E-state index contributed by atoms with van der Waals surface area (Å²) in [5, 5.41) is 0.302. The van der Waals surface area contributed by atoms with E-state index in [1.807, 2.05) is 19.1 Å². The monoisotopic (exact) mass is 576 g/mol. The molecule has 5 heteroatoms. The molecule has 2 bridgehead atoms. The minimum Gasteiger partial charge on any atom is -0.459 e. The molecule has 0 aliphatic heterocycles.